The lowest BCUT2D eigenvalue weighted by molar-refractivity contribution is -0.121. The Labute approximate surface area is 54.4 Å². The minimum atomic E-state index is 0.550. The molecule has 4 atom stereocenters. The maximum atomic E-state index is 11.1. The summed E-state index contributed by atoms with van der Waals surface area (Å²) in [6, 6.07) is 0. The van der Waals surface area contributed by atoms with Crippen LogP contribution in [0, 0.1) is 23.7 Å². The topological polar surface area (TPSA) is 17.1 Å². The third-order valence-corrected chi connectivity index (χ3v) is 3.24. The van der Waals surface area contributed by atoms with Crippen LogP contribution in [-0.2, 0) is 4.79 Å². The SMILES string of the molecule is O=C1CC2CC2C2CC12. The van der Waals surface area contributed by atoms with Crippen molar-refractivity contribution in [1.29, 1.82) is 0 Å². The van der Waals surface area contributed by atoms with E-state index in [9.17, 15) is 4.79 Å². The van der Waals surface area contributed by atoms with E-state index in [2.05, 4.69) is 0 Å². The zero-order valence-corrected chi connectivity index (χ0v) is 5.34. The number of rotatable bonds is 0. The van der Waals surface area contributed by atoms with Gasteiger partial charge in [-0.25, -0.2) is 0 Å². The lowest BCUT2D eigenvalue weighted by Gasteiger charge is -2.04. The molecule has 4 unspecified atom stereocenters. The van der Waals surface area contributed by atoms with Crippen molar-refractivity contribution in [1.82, 2.24) is 0 Å². The van der Waals surface area contributed by atoms with Gasteiger partial charge in [0, 0.05) is 12.3 Å². The number of hydrogen-bond donors (Lipinski definition) is 0. The van der Waals surface area contributed by atoms with Crippen molar-refractivity contribution in [2.75, 3.05) is 0 Å². The van der Waals surface area contributed by atoms with Crippen molar-refractivity contribution in [3.8, 4) is 0 Å². The zero-order chi connectivity index (χ0) is 6.01. The molecule has 3 rings (SSSR count). The van der Waals surface area contributed by atoms with Gasteiger partial charge in [0.05, 0.1) is 0 Å². The Morgan fingerprint density at radius 1 is 1.22 bits per heavy atom. The minimum absolute atomic E-state index is 0.550. The number of carbonyl (C=O) groups excluding carboxylic acids is 1. The van der Waals surface area contributed by atoms with Crippen molar-refractivity contribution in [3.05, 3.63) is 0 Å². The molecule has 0 N–H and O–H groups in total. The fourth-order valence-electron chi connectivity index (χ4n) is 2.50. The van der Waals surface area contributed by atoms with Gasteiger partial charge in [0.15, 0.2) is 0 Å². The van der Waals surface area contributed by atoms with Crippen molar-refractivity contribution >= 4 is 5.78 Å². The Hall–Kier alpha value is -0.330. The van der Waals surface area contributed by atoms with Gasteiger partial charge in [-0.2, -0.15) is 0 Å². The maximum absolute atomic E-state index is 11.1. The first-order valence-electron chi connectivity index (χ1n) is 3.89. The van der Waals surface area contributed by atoms with Crippen LogP contribution in [-0.4, -0.2) is 5.78 Å². The molecule has 48 valence electrons. The molecule has 9 heavy (non-hydrogen) atoms. The fraction of sp³-hybridized carbons (Fsp3) is 0.875. The third-order valence-electron chi connectivity index (χ3n) is 3.24. The molecular weight excluding hydrogens is 112 g/mol. The molecular formula is C8H10O. The molecule has 0 aromatic rings. The molecule has 3 aliphatic rings. The summed E-state index contributed by atoms with van der Waals surface area (Å²) in [5.74, 6) is 3.86. The van der Waals surface area contributed by atoms with Crippen LogP contribution in [0.3, 0.4) is 0 Å². The molecule has 0 aromatic heterocycles. The van der Waals surface area contributed by atoms with E-state index in [0.717, 1.165) is 24.2 Å². The smallest absolute Gasteiger partial charge is 0.136 e. The molecule has 3 saturated carbocycles. The van der Waals surface area contributed by atoms with Gasteiger partial charge in [0.1, 0.15) is 5.78 Å². The van der Waals surface area contributed by atoms with E-state index < -0.39 is 0 Å². The van der Waals surface area contributed by atoms with E-state index in [4.69, 9.17) is 0 Å². The Balaban J connectivity index is 1.94. The van der Waals surface area contributed by atoms with E-state index >= 15 is 0 Å². The Bertz CT molecular complexity index is 185. The van der Waals surface area contributed by atoms with Crippen LogP contribution in [0.5, 0.6) is 0 Å². The van der Waals surface area contributed by atoms with Crippen LogP contribution in [0.25, 0.3) is 0 Å². The van der Waals surface area contributed by atoms with Crippen molar-refractivity contribution < 1.29 is 4.79 Å². The van der Waals surface area contributed by atoms with Gasteiger partial charge in [0.25, 0.3) is 0 Å². The van der Waals surface area contributed by atoms with Gasteiger partial charge in [-0.05, 0) is 30.6 Å². The second-order valence-corrected chi connectivity index (χ2v) is 3.84. The first kappa shape index (κ1) is 4.48. The van der Waals surface area contributed by atoms with E-state index in [1.54, 1.807) is 0 Å². The molecule has 3 aliphatic carbocycles. The summed E-state index contributed by atoms with van der Waals surface area (Å²) in [5, 5.41) is 0. The molecule has 0 radical (unpaired) electrons. The monoisotopic (exact) mass is 122 g/mol. The summed E-state index contributed by atoms with van der Waals surface area (Å²) in [7, 11) is 0. The predicted octanol–water partition coefficient (Wildman–Crippen LogP) is 1.23. The summed E-state index contributed by atoms with van der Waals surface area (Å²) in [6.45, 7) is 0. The Kier molecular flexibility index (Phi) is 0.544. The third kappa shape index (κ3) is 0.440. The average Bonchev–Trinajstić information content (AvgIpc) is 2.54. The molecule has 1 nitrogen and oxygen atoms in total. The van der Waals surface area contributed by atoms with Crippen molar-refractivity contribution in [3.63, 3.8) is 0 Å². The summed E-state index contributed by atoms with van der Waals surface area (Å²) >= 11 is 0. The van der Waals surface area contributed by atoms with Crippen molar-refractivity contribution in [2.24, 2.45) is 23.7 Å². The minimum Gasteiger partial charge on any atom is -0.299 e. The van der Waals surface area contributed by atoms with Gasteiger partial charge in [-0.3, -0.25) is 4.79 Å². The van der Waals surface area contributed by atoms with Gasteiger partial charge in [0.2, 0.25) is 0 Å². The Morgan fingerprint density at radius 2 is 2.11 bits per heavy atom. The maximum Gasteiger partial charge on any atom is 0.136 e. The van der Waals surface area contributed by atoms with Gasteiger partial charge < -0.3 is 0 Å². The summed E-state index contributed by atoms with van der Waals surface area (Å²) in [5.41, 5.74) is 0. The lowest BCUT2D eigenvalue weighted by Crippen LogP contribution is -2.09. The molecule has 0 heterocycles. The standard InChI is InChI=1S/C8H10O/c9-8-2-4-1-5(4)6-3-7(6)8/h4-7H,1-3H2. The quantitative estimate of drug-likeness (QED) is 0.472. The van der Waals surface area contributed by atoms with Crippen LogP contribution in [0.2, 0.25) is 0 Å². The highest BCUT2D eigenvalue weighted by Crippen LogP contribution is 2.63. The predicted molar refractivity (Wildman–Crippen MR) is 32.8 cm³/mol. The normalized spacial score (nSPS) is 60.2. The second kappa shape index (κ2) is 1.09. The second-order valence-electron chi connectivity index (χ2n) is 3.84. The summed E-state index contributed by atoms with van der Waals surface area (Å²) in [6.07, 6.45) is 3.57. The largest absolute Gasteiger partial charge is 0.299 e. The van der Waals surface area contributed by atoms with E-state index in [1.807, 2.05) is 0 Å². The number of ketones is 1. The first-order valence-corrected chi connectivity index (χ1v) is 3.89. The van der Waals surface area contributed by atoms with Gasteiger partial charge >= 0.3 is 0 Å². The van der Waals surface area contributed by atoms with Gasteiger partial charge in [-0.15, -0.1) is 0 Å². The van der Waals surface area contributed by atoms with Gasteiger partial charge in [-0.1, -0.05) is 0 Å². The van der Waals surface area contributed by atoms with E-state index in [-0.39, 0.29) is 0 Å². The lowest BCUT2D eigenvalue weighted by atomic mass is 10.00. The Morgan fingerprint density at radius 3 is 3.00 bits per heavy atom. The van der Waals surface area contributed by atoms with E-state index in [0.29, 0.717) is 11.7 Å². The highest BCUT2D eigenvalue weighted by atomic mass is 16.1. The average molecular weight is 122 g/mol. The van der Waals surface area contributed by atoms with Crippen LogP contribution >= 0.6 is 0 Å². The number of fused-ring (bicyclic) bond motifs is 3. The van der Waals surface area contributed by atoms with Crippen LogP contribution in [0.15, 0.2) is 0 Å². The molecule has 0 aliphatic heterocycles. The highest BCUT2D eigenvalue weighted by molar-refractivity contribution is 5.85. The number of carbonyl (C=O) groups is 1. The molecule has 0 spiro atoms. The van der Waals surface area contributed by atoms with Crippen LogP contribution < -0.4 is 0 Å². The molecule has 0 saturated heterocycles. The molecule has 0 amide bonds. The van der Waals surface area contributed by atoms with Crippen molar-refractivity contribution in [2.45, 2.75) is 19.3 Å². The molecule has 0 bridgehead atoms. The van der Waals surface area contributed by atoms with Crippen LogP contribution in [0.1, 0.15) is 19.3 Å². The fourth-order valence-corrected chi connectivity index (χ4v) is 2.50. The molecule has 1 heteroatoms. The first-order chi connectivity index (χ1) is 4.36. The zero-order valence-electron chi connectivity index (χ0n) is 5.34. The van der Waals surface area contributed by atoms with E-state index in [1.165, 1.54) is 12.8 Å². The number of hydrogen-bond acceptors (Lipinski definition) is 1. The number of Topliss-reactive ketones (excluding diaryl/α,β-unsaturated/α-hetero) is 1. The molecule has 3 fully saturated rings. The summed E-state index contributed by atoms with van der Waals surface area (Å²) < 4.78 is 0. The molecule has 0 aromatic carbocycles. The van der Waals surface area contributed by atoms with Crippen LogP contribution in [0.4, 0.5) is 0 Å². The highest BCUT2D eigenvalue weighted by Gasteiger charge is 2.60. The summed E-state index contributed by atoms with van der Waals surface area (Å²) in [4.78, 5) is 11.1.